The number of nitrogens with two attached hydrogens (primary N) is 1. The fourth-order valence-electron chi connectivity index (χ4n) is 3.11. The third kappa shape index (κ3) is 5.18. The van der Waals surface area contributed by atoms with Crippen molar-refractivity contribution in [3.63, 3.8) is 0 Å². The predicted octanol–water partition coefficient (Wildman–Crippen LogP) is 4.65. The van der Waals surface area contributed by atoms with Crippen molar-refractivity contribution in [2.45, 2.75) is 6.42 Å². The summed E-state index contributed by atoms with van der Waals surface area (Å²) in [7, 11) is 0. The van der Waals surface area contributed by atoms with Gasteiger partial charge in [0.25, 0.3) is 0 Å². The van der Waals surface area contributed by atoms with Crippen molar-refractivity contribution < 1.29 is 9.90 Å². The summed E-state index contributed by atoms with van der Waals surface area (Å²) in [6, 6.07) is 20.0. The summed E-state index contributed by atoms with van der Waals surface area (Å²) in [5.41, 5.74) is 11.0. The van der Waals surface area contributed by atoms with Gasteiger partial charge in [0.2, 0.25) is 0 Å². The molecule has 156 valence electrons. The van der Waals surface area contributed by atoms with Crippen LogP contribution in [0.3, 0.4) is 0 Å². The van der Waals surface area contributed by atoms with E-state index in [0.29, 0.717) is 18.8 Å². The minimum Gasteiger partial charge on any atom is -0.465 e. The molecule has 0 aliphatic rings. The smallest absolute Gasteiger partial charge is 0.404 e. The summed E-state index contributed by atoms with van der Waals surface area (Å²) in [5.74, 6) is 1.26. The minimum absolute atomic E-state index is 0.320. The zero-order valence-electron chi connectivity index (χ0n) is 16.6. The van der Waals surface area contributed by atoms with Gasteiger partial charge in [-0.25, -0.2) is 14.8 Å². The van der Waals surface area contributed by atoms with Crippen LogP contribution in [0.1, 0.15) is 10.7 Å². The third-order valence-electron chi connectivity index (χ3n) is 4.69. The molecule has 0 saturated heterocycles. The number of amides is 1. The first-order valence-corrected chi connectivity index (χ1v) is 10.6. The number of benzene rings is 2. The van der Waals surface area contributed by atoms with Crippen LogP contribution < -0.4 is 11.1 Å². The number of aliphatic imine (C=N–C) groups is 1. The van der Waals surface area contributed by atoms with Crippen molar-refractivity contribution in [2.24, 2.45) is 10.7 Å². The molecule has 0 radical (unpaired) electrons. The highest BCUT2D eigenvalue weighted by molar-refractivity contribution is 7.12. The van der Waals surface area contributed by atoms with Gasteiger partial charge in [-0.15, -0.1) is 11.3 Å². The van der Waals surface area contributed by atoms with Gasteiger partial charge >= 0.3 is 6.09 Å². The van der Waals surface area contributed by atoms with E-state index in [1.807, 2.05) is 53.9 Å². The van der Waals surface area contributed by atoms with Crippen LogP contribution in [0.4, 0.5) is 10.5 Å². The molecule has 1 amide bonds. The van der Waals surface area contributed by atoms with Crippen LogP contribution in [-0.2, 0) is 6.42 Å². The maximum Gasteiger partial charge on any atom is 0.404 e. The van der Waals surface area contributed by atoms with Gasteiger partial charge in [-0.2, -0.15) is 0 Å². The SMILES string of the molecule is NC(=Nc1ccc(-c2ccc(-c3cnc(CCNC(=O)O)[nH]3)cc2)cc1)c1cccs1. The number of thiophene rings is 1. The molecule has 0 atom stereocenters. The topological polar surface area (TPSA) is 116 Å². The monoisotopic (exact) mass is 431 g/mol. The van der Waals surface area contributed by atoms with Gasteiger partial charge in [-0.3, -0.25) is 0 Å². The number of H-pyrrole nitrogens is 1. The molecule has 4 rings (SSSR count). The molecule has 0 saturated carbocycles. The van der Waals surface area contributed by atoms with E-state index in [4.69, 9.17) is 10.8 Å². The molecular weight excluding hydrogens is 410 g/mol. The number of nitrogens with zero attached hydrogens (tertiary/aromatic N) is 2. The van der Waals surface area contributed by atoms with Crippen LogP contribution in [0.15, 0.2) is 77.2 Å². The molecule has 0 unspecified atom stereocenters. The Bertz CT molecular complexity index is 1180. The number of rotatable bonds is 7. The highest BCUT2D eigenvalue weighted by Crippen LogP contribution is 2.26. The van der Waals surface area contributed by atoms with E-state index in [2.05, 4.69) is 32.4 Å². The zero-order chi connectivity index (χ0) is 21.6. The summed E-state index contributed by atoms with van der Waals surface area (Å²) in [4.78, 5) is 23.5. The second kappa shape index (κ2) is 9.27. The van der Waals surface area contributed by atoms with Gasteiger partial charge in [0.15, 0.2) is 0 Å². The number of hydrogen-bond donors (Lipinski definition) is 4. The van der Waals surface area contributed by atoms with Gasteiger partial charge in [-0.05, 0) is 40.3 Å². The molecular formula is C23H21N5O2S. The third-order valence-corrected chi connectivity index (χ3v) is 5.58. The molecule has 31 heavy (non-hydrogen) atoms. The molecule has 4 aromatic rings. The Hall–Kier alpha value is -3.91. The lowest BCUT2D eigenvalue weighted by atomic mass is 10.0. The molecule has 2 aromatic heterocycles. The first-order chi connectivity index (χ1) is 15.1. The van der Waals surface area contributed by atoms with E-state index in [1.165, 1.54) is 0 Å². The van der Waals surface area contributed by atoms with Crippen molar-refractivity contribution in [3.05, 3.63) is 82.9 Å². The van der Waals surface area contributed by atoms with Crippen molar-refractivity contribution in [1.82, 2.24) is 15.3 Å². The quantitative estimate of drug-likeness (QED) is 0.252. The molecule has 0 fully saturated rings. The fraction of sp³-hybridized carbons (Fsp3) is 0.0870. The van der Waals surface area contributed by atoms with Crippen molar-refractivity contribution in [1.29, 1.82) is 0 Å². The number of carboxylic acid groups (broad SMARTS) is 1. The van der Waals surface area contributed by atoms with Crippen molar-refractivity contribution in [2.75, 3.05) is 6.54 Å². The Morgan fingerprint density at radius 2 is 1.74 bits per heavy atom. The Labute approximate surface area is 183 Å². The fourth-order valence-corrected chi connectivity index (χ4v) is 3.74. The normalized spacial score (nSPS) is 11.4. The van der Waals surface area contributed by atoms with Crippen LogP contribution in [0.2, 0.25) is 0 Å². The molecule has 5 N–H and O–H groups in total. The van der Waals surface area contributed by atoms with Crippen LogP contribution in [-0.4, -0.2) is 33.5 Å². The first kappa shape index (κ1) is 20.4. The largest absolute Gasteiger partial charge is 0.465 e. The molecule has 0 spiro atoms. The summed E-state index contributed by atoms with van der Waals surface area (Å²) in [6.45, 7) is 0.320. The number of aromatic amines is 1. The lowest BCUT2D eigenvalue weighted by Gasteiger charge is -2.05. The molecule has 7 nitrogen and oxygen atoms in total. The van der Waals surface area contributed by atoms with Crippen LogP contribution >= 0.6 is 11.3 Å². The maximum atomic E-state index is 10.5. The highest BCUT2D eigenvalue weighted by Gasteiger charge is 2.06. The number of hydrogen-bond acceptors (Lipinski definition) is 4. The first-order valence-electron chi connectivity index (χ1n) is 9.68. The Morgan fingerprint density at radius 1 is 1.06 bits per heavy atom. The molecule has 8 heteroatoms. The standard InChI is InChI=1S/C23H21N5O2S/c24-22(20-2-1-13-31-20)27-18-9-7-16(8-10-18)15-3-5-17(6-4-15)19-14-26-21(28-19)11-12-25-23(29)30/h1-10,13-14,25H,11-12H2,(H2,24,27)(H,26,28)(H,29,30). The summed E-state index contributed by atoms with van der Waals surface area (Å²) < 4.78 is 0. The van der Waals surface area contributed by atoms with E-state index in [9.17, 15) is 4.79 Å². The maximum absolute atomic E-state index is 10.5. The highest BCUT2D eigenvalue weighted by atomic mass is 32.1. The Balaban J connectivity index is 1.43. The molecule has 2 aromatic carbocycles. The van der Waals surface area contributed by atoms with Gasteiger partial charge in [-0.1, -0.05) is 42.5 Å². The van der Waals surface area contributed by atoms with Crippen molar-refractivity contribution >= 4 is 29.0 Å². The number of imidazole rings is 1. The van der Waals surface area contributed by atoms with E-state index in [0.717, 1.165) is 38.8 Å². The number of carbonyl (C=O) groups is 1. The number of aromatic nitrogens is 2. The molecule has 0 bridgehead atoms. The average Bonchev–Trinajstić information content (AvgIpc) is 3.47. The van der Waals surface area contributed by atoms with Crippen LogP contribution in [0.25, 0.3) is 22.4 Å². The summed E-state index contributed by atoms with van der Waals surface area (Å²) in [5, 5.41) is 12.9. The van der Waals surface area contributed by atoms with E-state index in [-0.39, 0.29) is 0 Å². The number of nitrogens with one attached hydrogen (secondary N) is 2. The minimum atomic E-state index is -1.03. The Kier molecular flexibility index (Phi) is 6.09. The predicted molar refractivity (Wildman–Crippen MR) is 124 cm³/mol. The van der Waals surface area contributed by atoms with Crippen LogP contribution in [0.5, 0.6) is 0 Å². The lowest BCUT2D eigenvalue weighted by molar-refractivity contribution is 0.194. The molecule has 0 aliphatic heterocycles. The average molecular weight is 432 g/mol. The van der Waals surface area contributed by atoms with Crippen LogP contribution in [0, 0.1) is 0 Å². The molecule has 2 heterocycles. The second-order valence-electron chi connectivity index (χ2n) is 6.82. The summed E-state index contributed by atoms with van der Waals surface area (Å²) >= 11 is 1.57. The number of amidine groups is 1. The van der Waals surface area contributed by atoms with Gasteiger partial charge in [0.1, 0.15) is 11.7 Å². The van der Waals surface area contributed by atoms with E-state index in [1.54, 1.807) is 17.5 Å². The van der Waals surface area contributed by atoms with Gasteiger partial charge in [0.05, 0.1) is 22.5 Å². The van der Waals surface area contributed by atoms with E-state index < -0.39 is 6.09 Å². The zero-order valence-corrected chi connectivity index (χ0v) is 17.4. The second-order valence-corrected chi connectivity index (χ2v) is 7.77. The van der Waals surface area contributed by atoms with Gasteiger partial charge < -0.3 is 21.1 Å². The van der Waals surface area contributed by atoms with Gasteiger partial charge in [0, 0.05) is 13.0 Å². The summed E-state index contributed by atoms with van der Waals surface area (Å²) in [6.07, 6.45) is 1.24. The van der Waals surface area contributed by atoms with E-state index >= 15 is 0 Å². The Morgan fingerprint density at radius 3 is 2.39 bits per heavy atom. The van der Waals surface area contributed by atoms with Crippen molar-refractivity contribution in [3.8, 4) is 22.4 Å². The molecule has 0 aliphatic carbocycles. The lowest BCUT2D eigenvalue weighted by Crippen LogP contribution is -2.23.